The number of rotatable bonds is 9. The number of nitrogens with zero attached hydrogens (tertiary/aromatic N) is 4. The fourth-order valence-electron chi connectivity index (χ4n) is 4.75. The van der Waals surface area contributed by atoms with Gasteiger partial charge in [-0.25, -0.2) is 4.98 Å². The van der Waals surface area contributed by atoms with Crippen molar-refractivity contribution in [2.45, 2.75) is 32.0 Å². The lowest BCUT2D eigenvalue weighted by Gasteiger charge is -2.29. The lowest BCUT2D eigenvalue weighted by Crippen LogP contribution is -2.43. The zero-order chi connectivity index (χ0) is 31.5. The number of hydrogen-bond acceptors (Lipinski definition) is 8. The number of halogens is 4. The molecule has 1 aromatic carbocycles. The summed E-state index contributed by atoms with van der Waals surface area (Å²) in [5, 5.41) is 5.87. The molecule has 2 amide bonds. The predicted octanol–water partition coefficient (Wildman–Crippen LogP) is 4.96. The lowest BCUT2D eigenvalue weighted by atomic mass is 10.0. The number of allylic oxidation sites excluding steroid dienone is 1. The number of nitrogens with one attached hydrogen (secondary N) is 2. The Bertz CT molecular complexity index is 1490. The SMILES string of the molecule is C=CC1=C(/C(=C\C)Oc2nc(Nc3cc(Cl)c(C(=O)NC4CCN(C)CC4)cc3OC)ncc2C(F)(F)F)C(=O)N(C)C1. The Kier molecular flexibility index (Phi) is 9.65. The van der Waals surface area contributed by atoms with Crippen molar-refractivity contribution in [3.8, 4) is 11.6 Å². The van der Waals surface area contributed by atoms with Gasteiger partial charge in [0.15, 0.2) is 0 Å². The van der Waals surface area contributed by atoms with Crippen LogP contribution in [0.1, 0.15) is 35.7 Å². The molecule has 0 bridgehead atoms. The summed E-state index contributed by atoms with van der Waals surface area (Å²) in [6, 6.07) is 2.83. The second kappa shape index (κ2) is 13.0. The van der Waals surface area contributed by atoms with E-state index in [2.05, 4.69) is 32.1 Å². The molecule has 4 rings (SSSR count). The minimum Gasteiger partial charge on any atom is -0.495 e. The Morgan fingerprint density at radius 3 is 2.53 bits per heavy atom. The van der Waals surface area contributed by atoms with Gasteiger partial charge in [0, 0.05) is 25.8 Å². The van der Waals surface area contributed by atoms with Gasteiger partial charge >= 0.3 is 6.18 Å². The molecule has 1 fully saturated rings. The maximum atomic E-state index is 13.9. The second-order valence-corrected chi connectivity index (χ2v) is 10.5. The highest BCUT2D eigenvalue weighted by molar-refractivity contribution is 6.34. The Morgan fingerprint density at radius 2 is 1.93 bits per heavy atom. The highest BCUT2D eigenvalue weighted by Gasteiger charge is 2.38. The summed E-state index contributed by atoms with van der Waals surface area (Å²) in [6.07, 6.45) is 0.151. The first-order valence-electron chi connectivity index (χ1n) is 13.4. The standard InChI is InChI=1S/C29H32ClF3N6O4/c1-6-16-15-39(4)27(41)24(16)22(7-2)43-26-19(29(31,32)33)14-34-28(37-26)36-21-13-20(30)18(12-23(21)42-5)25(40)35-17-8-10-38(3)11-9-17/h6-7,12-14,17H,1,8-11,15H2,2-5H3,(H,35,40)(H,34,36,37)/b22-7+. The third kappa shape index (κ3) is 7.11. The molecule has 1 aromatic heterocycles. The highest BCUT2D eigenvalue weighted by Crippen LogP contribution is 2.39. The van der Waals surface area contributed by atoms with Gasteiger partial charge in [-0.1, -0.05) is 24.3 Å². The molecule has 0 unspecified atom stereocenters. The van der Waals surface area contributed by atoms with Crippen LogP contribution in [0.15, 0.2) is 54.0 Å². The molecule has 230 valence electrons. The molecule has 0 atom stereocenters. The molecule has 2 aliphatic heterocycles. The molecule has 0 radical (unpaired) electrons. The number of carbonyl (C=O) groups excluding carboxylic acids is 2. The van der Waals surface area contributed by atoms with Crippen molar-refractivity contribution in [2.75, 3.05) is 46.2 Å². The van der Waals surface area contributed by atoms with Crippen LogP contribution < -0.4 is 20.1 Å². The van der Waals surface area contributed by atoms with Crippen LogP contribution in [0.2, 0.25) is 5.02 Å². The molecule has 0 saturated carbocycles. The number of ether oxygens (including phenoxy) is 2. The number of likely N-dealkylation sites (N-methyl/N-ethyl adjacent to an activating group) is 1. The number of amides is 2. The number of benzene rings is 1. The summed E-state index contributed by atoms with van der Waals surface area (Å²) >= 11 is 6.45. The number of piperidine rings is 1. The van der Waals surface area contributed by atoms with Crippen molar-refractivity contribution >= 4 is 35.1 Å². The third-order valence-electron chi connectivity index (χ3n) is 7.14. The van der Waals surface area contributed by atoms with E-state index >= 15 is 0 Å². The van der Waals surface area contributed by atoms with Gasteiger partial charge in [-0.3, -0.25) is 9.59 Å². The topological polar surface area (TPSA) is 109 Å². The summed E-state index contributed by atoms with van der Waals surface area (Å²) in [5.74, 6) is -1.83. The van der Waals surface area contributed by atoms with Crippen LogP contribution in [0.4, 0.5) is 24.8 Å². The first-order chi connectivity index (χ1) is 20.4. The second-order valence-electron chi connectivity index (χ2n) is 10.1. The lowest BCUT2D eigenvalue weighted by molar-refractivity contribution is -0.139. The summed E-state index contributed by atoms with van der Waals surface area (Å²) in [5.41, 5.74) is -0.285. The van der Waals surface area contributed by atoms with Crippen LogP contribution in [-0.2, 0) is 11.0 Å². The zero-order valence-corrected chi connectivity index (χ0v) is 24.9. The average molecular weight is 621 g/mol. The smallest absolute Gasteiger partial charge is 0.423 e. The van der Waals surface area contributed by atoms with Crippen molar-refractivity contribution < 1.29 is 32.2 Å². The van der Waals surface area contributed by atoms with Gasteiger partial charge in [0.1, 0.15) is 17.1 Å². The van der Waals surface area contributed by atoms with E-state index in [1.54, 1.807) is 7.05 Å². The molecule has 43 heavy (non-hydrogen) atoms. The average Bonchev–Trinajstić information content (AvgIpc) is 3.25. The van der Waals surface area contributed by atoms with Crippen molar-refractivity contribution in [2.24, 2.45) is 0 Å². The van der Waals surface area contributed by atoms with Crippen molar-refractivity contribution in [1.82, 2.24) is 25.1 Å². The normalized spacial score (nSPS) is 16.9. The van der Waals surface area contributed by atoms with E-state index in [1.807, 2.05) is 7.05 Å². The first kappa shape index (κ1) is 31.8. The largest absolute Gasteiger partial charge is 0.495 e. The summed E-state index contributed by atoms with van der Waals surface area (Å²) in [6.45, 7) is 7.17. The first-order valence-corrected chi connectivity index (χ1v) is 13.8. The molecule has 0 aliphatic carbocycles. The number of methoxy groups -OCH3 is 1. The number of aromatic nitrogens is 2. The Balaban J connectivity index is 1.63. The maximum absolute atomic E-state index is 13.9. The van der Waals surface area contributed by atoms with Crippen LogP contribution in [0.5, 0.6) is 11.6 Å². The van der Waals surface area contributed by atoms with Gasteiger partial charge < -0.3 is 29.9 Å². The van der Waals surface area contributed by atoms with E-state index in [9.17, 15) is 22.8 Å². The van der Waals surface area contributed by atoms with Crippen LogP contribution in [-0.4, -0.2) is 78.5 Å². The monoisotopic (exact) mass is 620 g/mol. The number of hydrogen-bond donors (Lipinski definition) is 2. The molecular weight excluding hydrogens is 589 g/mol. The summed E-state index contributed by atoms with van der Waals surface area (Å²) < 4.78 is 52.8. The minimum atomic E-state index is -4.86. The van der Waals surface area contributed by atoms with Gasteiger partial charge in [0.25, 0.3) is 11.8 Å². The van der Waals surface area contributed by atoms with Gasteiger partial charge in [0.2, 0.25) is 11.8 Å². The fourth-order valence-corrected chi connectivity index (χ4v) is 5.00. The van der Waals surface area contributed by atoms with Crippen molar-refractivity contribution in [3.63, 3.8) is 0 Å². The van der Waals surface area contributed by atoms with E-state index in [0.29, 0.717) is 11.8 Å². The molecule has 0 spiro atoms. The Hall–Kier alpha value is -4.10. The summed E-state index contributed by atoms with van der Waals surface area (Å²) in [7, 11) is 4.95. The Labute approximate surface area is 252 Å². The zero-order valence-electron chi connectivity index (χ0n) is 24.1. The predicted molar refractivity (Wildman–Crippen MR) is 156 cm³/mol. The molecule has 10 nitrogen and oxygen atoms in total. The van der Waals surface area contributed by atoms with Crippen LogP contribution in [0, 0.1) is 0 Å². The van der Waals surface area contributed by atoms with Crippen LogP contribution in [0.25, 0.3) is 0 Å². The Morgan fingerprint density at radius 1 is 1.23 bits per heavy atom. The number of likely N-dealkylation sites (tertiary alicyclic amines) is 1. The molecular formula is C29H32ClF3N6O4. The molecule has 2 aromatic rings. The van der Waals surface area contributed by atoms with Gasteiger partial charge in [-0.15, -0.1) is 0 Å². The number of alkyl halides is 3. The minimum absolute atomic E-state index is 0.00263. The van der Waals surface area contributed by atoms with Gasteiger partial charge in [-0.05, 0) is 63.7 Å². The fraction of sp³-hybridized carbons (Fsp3) is 0.379. The van der Waals surface area contributed by atoms with Crippen molar-refractivity contribution in [1.29, 1.82) is 0 Å². The van der Waals surface area contributed by atoms with E-state index in [1.165, 1.54) is 43.2 Å². The highest BCUT2D eigenvalue weighted by atomic mass is 35.5. The molecule has 14 heteroatoms. The maximum Gasteiger partial charge on any atom is 0.423 e. The van der Waals surface area contributed by atoms with Gasteiger partial charge in [0.05, 0.1) is 29.0 Å². The quantitative estimate of drug-likeness (QED) is 0.379. The summed E-state index contributed by atoms with van der Waals surface area (Å²) in [4.78, 5) is 37.1. The van der Waals surface area contributed by atoms with E-state index in [-0.39, 0.29) is 57.8 Å². The molecule has 2 aliphatic rings. The van der Waals surface area contributed by atoms with E-state index in [0.717, 1.165) is 25.9 Å². The van der Waals surface area contributed by atoms with E-state index in [4.69, 9.17) is 21.1 Å². The van der Waals surface area contributed by atoms with Gasteiger partial charge in [-0.2, -0.15) is 18.2 Å². The third-order valence-corrected chi connectivity index (χ3v) is 7.46. The number of anilines is 2. The van der Waals surface area contributed by atoms with E-state index < -0.39 is 23.5 Å². The molecule has 2 N–H and O–H groups in total. The van der Waals surface area contributed by atoms with Crippen molar-refractivity contribution in [3.05, 3.63) is 70.1 Å². The molecule has 3 heterocycles. The molecule has 1 saturated heterocycles. The van der Waals surface area contributed by atoms with Crippen LogP contribution in [0.3, 0.4) is 0 Å². The van der Waals surface area contributed by atoms with Crippen LogP contribution >= 0.6 is 11.6 Å². The number of carbonyl (C=O) groups is 2.